The average molecular weight is 497 g/mol. The highest BCUT2D eigenvalue weighted by Crippen LogP contribution is 2.35. The maximum absolute atomic E-state index is 14.1. The van der Waals surface area contributed by atoms with Gasteiger partial charge in [-0.1, -0.05) is 18.2 Å². The summed E-state index contributed by atoms with van der Waals surface area (Å²) in [6.45, 7) is 0.295. The molecule has 0 aliphatic heterocycles. The fourth-order valence-electron chi connectivity index (χ4n) is 3.58. The predicted octanol–water partition coefficient (Wildman–Crippen LogP) is 4.34. The number of aromatic nitrogens is 1. The molecule has 0 fully saturated rings. The van der Waals surface area contributed by atoms with Crippen LogP contribution in [0.15, 0.2) is 60.0 Å². The molecule has 7 nitrogen and oxygen atoms in total. The highest BCUT2D eigenvalue weighted by atomic mass is 32.1. The second-order valence-corrected chi connectivity index (χ2v) is 8.61. The van der Waals surface area contributed by atoms with E-state index < -0.39 is 6.10 Å². The number of pyridine rings is 1. The summed E-state index contributed by atoms with van der Waals surface area (Å²) in [7, 11) is 1.48. The van der Waals surface area contributed by atoms with Crippen molar-refractivity contribution in [3.8, 4) is 22.8 Å². The summed E-state index contributed by atoms with van der Waals surface area (Å²) in [6.07, 6.45) is -0.554. The van der Waals surface area contributed by atoms with Crippen molar-refractivity contribution < 1.29 is 28.9 Å². The van der Waals surface area contributed by atoms with Gasteiger partial charge in [-0.15, -0.1) is 11.3 Å². The first-order chi connectivity index (χ1) is 17.0. The Kier molecular flexibility index (Phi) is 7.91. The summed E-state index contributed by atoms with van der Waals surface area (Å²) in [5.41, 5.74) is 2.14. The van der Waals surface area contributed by atoms with E-state index in [0.29, 0.717) is 46.2 Å². The fourth-order valence-corrected chi connectivity index (χ4v) is 4.55. The number of benzene rings is 2. The van der Waals surface area contributed by atoms with Crippen molar-refractivity contribution in [1.82, 2.24) is 10.3 Å². The molecule has 9 heteroatoms. The Labute approximate surface area is 205 Å². The van der Waals surface area contributed by atoms with Gasteiger partial charge < -0.3 is 25.0 Å². The minimum absolute atomic E-state index is 0.0191. The van der Waals surface area contributed by atoms with Gasteiger partial charge in [-0.25, -0.2) is 9.37 Å². The lowest BCUT2D eigenvalue weighted by atomic mass is 10.1. The molecule has 1 unspecified atom stereocenters. The molecule has 1 atom stereocenters. The summed E-state index contributed by atoms with van der Waals surface area (Å²) >= 11 is 1.31. The Hall–Kier alpha value is -3.53. The molecule has 2 aromatic heterocycles. The van der Waals surface area contributed by atoms with Gasteiger partial charge in [-0.2, -0.15) is 0 Å². The lowest BCUT2D eigenvalue weighted by Gasteiger charge is -2.14. The van der Waals surface area contributed by atoms with E-state index in [0.717, 1.165) is 10.9 Å². The molecular formula is C26H25FN2O5S. The van der Waals surface area contributed by atoms with Crippen molar-refractivity contribution in [2.45, 2.75) is 12.5 Å². The molecule has 35 heavy (non-hydrogen) atoms. The highest BCUT2D eigenvalue weighted by Gasteiger charge is 2.16. The first-order valence-electron chi connectivity index (χ1n) is 11.0. The molecule has 182 valence electrons. The van der Waals surface area contributed by atoms with Crippen LogP contribution in [0.5, 0.6) is 11.5 Å². The fraction of sp³-hybridized carbons (Fsp3) is 0.231. The van der Waals surface area contributed by atoms with Crippen LogP contribution in [0.25, 0.3) is 21.3 Å². The molecular weight excluding hydrogens is 471 g/mol. The molecule has 3 N–H and O–H groups in total. The van der Waals surface area contributed by atoms with Crippen molar-refractivity contribution in [3.05, 3.63) is 77.1 Å². The molecule has 1 amide bonds. The summed E-state index contributed by atoms with van der Waals surface area (Å²) in [6, 6.07) is 14.9. The van der Waals surface area contributed by atoms with Crippen LogP contribution >= 0.6 is 11.3 Å². The quantitative estimate of drug-likeness (QED) is 0.283. The number of nitrogens with zero attached hydrogens (tertiary/aromatic N) is 1. The molecule has 4 aromatic rings. The van der Waals surface area contributed by atoms with E-state index in [4.69, 9.17) is 14.6 Å². The number of hydrogen-bond acceptors (Lipinski definition) is 7. The molecule has 0 saturated heterocycles. The highest BCUT2D eigenvalue weighted by molar-refractivity contribution is 7.17. The van der Waals surface area contributed by atoms with Crippen LogP contribution in [0.1, 0.15) is 28.6 Å². The third-order valence-corrected chi connectivity index (χ3v) is 6.39. The Morgan fingerprint density at radius 1 is 1.17 bits per heavy atom. The zero-order valence-corrected chi connectivity index (χ0v) is 19.8. The number of thiophene rings is 1. The number of fused-ring (bicyclic) bond motifs is 1. The van der Waals surface area contributed by atoms with Crippen LogP contribution in [-0.2, 0) is 0 Å². The van der Waals surface area contributed by atoms with Crippen molar-refractivity contribution in [1.29, 1.82) is 0 Å². The molecule has 0 bridgehead atoms. The van der Waals surface area contributed by atoms with Crippen molar-refractivity contribution in [3.63, 3.8) is 0 Å². The topological polar surface area (TPSA) is 101 Å². The molecule has 0 saturated carbocycles. The van der Waals surface area contributed by atoms with Crippen molar-refractivity contribution in [2.24, 2.45) is 0 Å². The maximum Gasteiger partial charge on any atom is 0.251 e. The predicted molar refractivity (Wildman–Crippen MR) is 132 cm³/mol. The zero-order chi connectivity index (χ0) is 24.8. The second kappa shape index (κ2) is 11.3. The molecule has 2 aromatic carbocycles. The molecule has 0 spiro atoms. The lowest BCUT2D eigenvalue weighted by Crippen LogP contribution is -2.28. The molecule has 4 rings (SSSR count). The van der Waals surface area contributed by atoms with E-state index >= 15 is 0 Å². The lowest BCUT2D eigenvalue weighted by molar-refractivity contribution is 0.0913. The Balaban J connectivity index is 1.44. The van der Waals surface area contributed by atoms with Gasteiger partial charge in [0.1, 0.15) is 11.9 Å². The number of amides is 1. The third-order valence-electron chi connectivity index (χ3n) is 5.38. The van der Waals surface area contributed by atoms with Crippen LogP contribution in [0, 0.1) is 5.82 Å². The normalized spacial score (nSPS) is 11.9. The zero-order valence-electron chi connectivity index (χ0n) is 19.0. The number of aliphatic hydroxyl groups excluding tert-OH is 2. The number of aliphatic hydroxyl groups is 2. The van der Waals surface area contributed by atoms with Crippen LogP contribution in [0.3, 0.4) is 0 Å². The van der Waals surface area contributed by atoms with Crippen molar-refractivity contribution >= 4 is 27.3 Å². The Bertz CT molecular complexity index is 1330. The van der Waals surface area contributed by atoms with E-state index in [1.807, 2.05) is 11.4 Å². The number of nitrogens with one attached hydrogen (secondary N) is 1. The summed E-state index contributed by atoms with van der Waals surface area (Å²) in [4.78, 5) is 17.2. The molecule has 2 heterocycles. The summed E-state index contributed by atoms with van der Waals surface area (Å²) in [5, 5.41) is 24.9. The standard InChI is InChI=1S/C26H25FN2O5S/c1-33-24-13-16(9-10-23(24)34-12-4-11-30)26(32)28-14-22(31)21-8-3-7-20(29-21)18-15-35-25-17(18)5-2-6-19(25)27/h2-3,5-10,13,15,22,30-31H,4,11-12,14H2,1H3,(H,28,32). The molecule has 0 radical (unpaired) electrons. The number of halogens is 1. The Morgan fingerprint density at radius 3 is 2.80 bits per heavy atom. The number of carbonyl (C=O) groups is 1. The SMILES string of the molecule is COc1cc(C(=O)NCC(O)c2cccc(-c3csc4c(F)cccc34)n2)ccc1OCCCO. The van der Waals surface area contributed by atoms with E-state index in [-0.39, 0.29) is 24.9 Å². The first-order valence-corrected chi connectivity index (χ1v) is 11.9. The van der Waals surface area contributed by atoms with Gasteiger partial charge in [0.05, 0.1) is 29.8 Å². The summed E-state index contributed by atoms with van der Waals surface area (Å²) < 4.78 is 25.5. The monoisotopic (exact) mass is 496 g/mol. The largest absolute Gasteiger partial charge is 0.493 e. The van der Waals surface area contributed by atoms with Crippen molar-refractivity contribution in [2.75, 3.05) is 26.9 Å². The smallest absolute Gasteiger partial charge is 0.251 e. The minimum Gasteiger partial charge on any atom is -0.493 e. The van der Waals surface area contributed by atoms with E-state index in [9.17, 15) is 14.3 Å². The average Bonchev–Trinajstić information content (AvgIpc) is 3.33. The van der Waals surface area contributed by atoms with Crippen LogP contribution in [0.2, 0.25) is 0 Å². The van der Waals surface area contributed by atoms with Gasteiger partial charge in [0.15, 0.2) is 11.5 Å². The number of methoxy groups -OCH3 is 1. The van der Waals surface area contributed by atoms with Gasteiger partial charge in [0, 0.05) is 41.5 Å². The van der Waals surface area contributed by atoms with Crippen LogP contribution in [0.4, 0.5) is 4.39 Å². The van der Waals surface area contributed by atoms with E-state index in [1.54, 1.807) is 42.5 Å². The van der Waals surface area contributed by atoms with Crippen LogP contribution < -0.4 is 14.8 Å². The van der Waals surface area contributed by atoms with Crippen LogP contribution in [-0.4, -0.2) is 48.0 Å². The number of carbonyl (C=O) groups excluding carboxylic acids is 1. The van der Waals surface area contributed by atoms with E-state index in [2.05, 4.69) is 10.3 Å². The first kappa shape index (κ1) is 24.6. The maximum atomic E-state index is 14.1. The Morgan fingerprint density at radius 2 is 2.00 bits per heavy atom. The number of hydrogen-bond donors (Lipinski definition) is 3. The second-order valence-electron chi connectivity index (χ2n) is 7.73. The van der Waals surface area contributed by atoms with Gasteiger partial charge in [-0.3, -0.25) is 4.79 Å². The molecule has 0 aliphatic carbocycles. The third kappa shape index (κ3) is 5.59. The van der Waals surface area contributed by atoms with Gasteiger partial charge in [-0.05, 0) is 36.4 Å². The number of ether oxygens (including phenoxy) is 2. The summed E-state index contributed by atoms with van der Waals surface area (Å²) in [5.74, 6) is 0.197. The van der Waals surface area contributed by atoms with Gasteiger partial charge in [0.25, 0.3) is 5.91 Å². The van der Waals surface area contributed by atoms with Gasteiger partial charge >= 0.3 is 0 Å². The molecule has 0 aliphatic rings. The van der Waals surface area contributed by atoms with Gasteiger partial charge in [0.2, 0.25) is 0 Å². The minimum atomic E-state index is -1.04. The van der Waals surface area contributed by atoms with E-state index in [1.165, 1.54) is 24.5 Å². The number of rotatable bonds is 10.